The predicted molar refractivity (Wildman–Crippen MR) is 116 cm³/mol. The van der Waals surface area contributed by atoms with Crippen LogP contribution in [0.15, 0.2) is 55.9 Å². The molecule has 8 heteroatoms. The van der Waals surface area contributed by atoms with Gasteiger partial charge in [0.05, 0.1) is 12.2 Å². The number of imide groups is 1. The molecule has 1 aromatic carbocycles. The molecule has 2 heterocycles. The van der Waals surface area contributed by atoms with Crippen LogP contribution in [0.1, 0.15) is 42.8 Å². The molecule has 7 nitrogen and oxygen atoms in total. The Kier molecular flexibility index (Phi) is 6.88. The van der Waals surface area contributed by atoms with Crippen LogP contribution in [0.3, 0.4) is 0 Å². The molecule has 0 spiro atoms. The van der Waals surface area contributed by atoms with Crippen LogP contribution >= 0.6 is 15.9 Å². The average molecular weight is 483 g/mol. The van der Waals surface area contributed by atoms with Gasteiger partial charge in [0, 0.05) is 15.6 Å². The summed E-state index contributed by atoms with van der Waals surface area (Å²) in [5.74, 6) is -1.04. The predicted octanol–water partition coefficient (Wildman–Crippen LogP) is 4.55. The van der Waals surface area contributed by atoms with Gasteiger partial charge in [0.25, 0.3) is 11.8 Å². The number of hydrogen-bond donors (Lipinski definition) is 1. The van der Waals surface area contributed by atoms with Crippen LogP contribution in [0.4, 0.5) is 0 Å². The molecule has 0 fully saturated rings. The fourth-order valence-electron chi connectivity index (χ4n) is 3.02. The van der Waals surface area contributed by atoms with E-state index in [1.807, 2.05) is 6.92 Å². The van der Waals surface area contributed by atoms with Crippen LogP contribution in [0.5, 0.6) is 0 Å². The Labute approximate surface area is 187 Å². The standard InChI is InChI=1S/C23H19BrN2O5/c1-3-4-9-30-23(29)18-10-14(24)5-7-16(18)20-8-6-15(31-20)11-17-13(2)19(12-25)22(28)26-21(17)27/h5-8,10-11H,3-4,9H2,1-2H3,(H,26,27,28)/b17-11-. The number of rotatable bonds is 6. The number of unbranched alkanes of at least 4 members (excludes halogenated alkanes) is 1. The summed E-state index contributed by atoms with van der Waals surface area (Å²) in [6.07, 6.45) is 3.14. The van der Waals surface area contributed by atoms with Crippen molar-refractivity contribution in [3.8, 4) is 17.4 Å². The smallest absolute Gasteiger partial charge is 0.338 e. The van der Waals surface area contributed by atoms with Gasteiger partial charge in [-0.1, -0.05) is 29.3 Å². The highest BCUT2D eigenvalue weighted by Crippen LogP contribution is 2.31. The molecule has 0 bridgehead atoms. The van der Waals surface area contributed by atoms with Gasteiger partial charge in [-0.2, -0.15) is 5.26 Å². The Morgan fingerprint density at radius 1 is 1.26 bits per heavy atom. The van der Waals surface area contributed by atoms with Gasteiger partial charge >= 0.3 is 5.97 Å². The highest BCUT2D eigenvalue weighted by molar-refractivity contribution is 9.10. The monoisotopic (exact) mass is 482 g/mol. The van der Waals surface area contributed by atoms with E-state index in [2.05, 4.69) is 21.2 Å². The number of furan rings is 1. The molecule has 31 heavy (non-hydrogen) atoms. The lowest BCUT2D eigenvalue weighted by Gasteiger charge is -2.15. The van der Waals surface area contributed by atoms with Crippen LogP contribution in [0.2, 0.25) is 0 Å². The number of nitriles is 1. The molecule has 158 valence electrons. The van der Waals surface area contributed by atoms with Crippen molar-refractivity contribution in [3.63, 3.8) is 0 Å². The maximum atomic E-state index is 12.6. The Morgan fingerprint density at radius 2 is 2.03 bits per heavy atom. The normalized spacial score (nSPS) is 15.1. The number of esters is 1. The number of amides is 2. The van der Waals surface area contributed by atoms with Crippen LogP contribution in [-0.2, 0) is 14.3 Å². The second kappa shape index (κ2) is 9.58. The Hall–Kier alpha value is -3.44. The van der Waals surface area contributed by atoms with Gasteiger partial charge in [0.1, 0.15) is 23.2 Å². The largest absolute Gasteiger partial charge is 0.462 e. The third-order valence-electron chi connectivity index (χ3n) is 4.70. The zero-order valence-corrected chi connectivity index (χ0v) is 18.5. The number of carbonyl (C=O) groups is 3. The summed E-state index contributed by atoms with van der Waals surface area (Å²) < 4.78 is 11.9. The van der Waals surface area contributed by atoms with E-state index in [1.165, 1.54) is 13.0 Å². The van der Waals surface area contributed by atoms with Crippen LogP contribution in [-0.4, -0.2) is 24.4 Å². The van der Waals surface area contributed by atoms with Crippen molar-refractivity contribution in [2.45, 2.75) is 26.7 Å². The minimum Gasteiger partial charge on any atom is -0.462 e. The van der Waals surface area contributed by atoms with Gasteiger partial charge in [-0.25, -0.2) is 4.79 Å². The second-order valence-corrected chi connectivity index (χ2v) is 7.75. The van der Waals surface area contributed by atoms with Crippen molar-refractivity contribution in [3.05, 3.63) is 62.8 Å². The van der Waals surface area contributed by atoms with Crippen LogP contribution < -0.4 is 5.32 Å². The number of nitrogens with zero attached hydrogens (tertiary/aromatic N) is 1. The summed E-state index contributed by atoms with van der Waals surface area (Å²) in [5, 5.41) is 11.3. The Balaban J connectivity index is 1.96. The number of carbonyl (C=O) groups excluding carboxylic acids is 3. The summed E-state index contributed by atoms with van der Waals surface area (Å²) in [5.41, 5.74) is 1.21. The van der Waals surface area contributed by atoms with E-state index in [1.54, 1.807) is 36.4 Å². The number of halogens is 1. The lowest BCUT2D eigenvalue weighted by atomic mass is 9.96. The molecule has 0 aliphatic carbocycles. The van der Waals surface area contributed by atoms with E-state index in [4.69, 9.17) is 14.4 Å². The van der Waals surface area contributed by atoms with E-state index in [9.17, 15) is 14.4 Å². The summed E-state index contributed by atoms with van der Waals surface area (Å²) in [6, 6.07) is 10.3. The van der Waals surface area contributed by atoms with E-state index >= 15 is 0 Å². The Morgan fingerprint density at radius 3 is 2.74 bits per heavy atom. The fourth-order valence-corrected chi connectivity index (χ4v) is 3.38. The highest BCUT2D eigenvalue weighted by Gasteiger charge is 2.28. The molecule has 1 aromatic heterocycles. The van der Waals surface area contributed by atoms with Crippen molar-refractivity contribution in [2.24, 2.45) is 0 Å². The molecule has 0 unspecified atom stereocenters. The molecular weight excluding hydrogens is 464 g/mol. The lowest BCUT2D eigenvalue weighted by molar-refractivity contribution is -0.126. The molecule has 0 atom stereocenters. The molecule has 2 amide bonds. The van der Waals surface area contributed by atoms with Crippen molar-refractivity contribution < 1.29 is 23.5 Å². The molecule has 1 aliphatic heterocycles. The van der Waals surface area contributed by atoms with E-state index in [-0.39, 0.29) is 16.7 Å². The highest BCUT2D eigenvalue weighted by atomic mass is 79.9. The maximum absolute atomic E-state index is 12.6. The summed E-state index contributed by atoms with van der Waals surface area (Å²) in [4.78, 5) is 36.5. The van der Waals surface area contributed by atoms with Crippen molar-refractivity contribution in [1.82, 2.24) is 5.32 Å². The van der Waals surface area contributed by atoms with E-state index in [0.717, 1.165) is 17.3 Å². The van der Waals surface area contributed by atoms with Crippen molar-refractivity contribution in [1.29, 1.82) is 5.26 Å². The number of hydrogen-bond acceptors (Lipinski definition) is 6. The molecule has 0 saturated heterocycles. The second-order valence-electron chi connectivity index (χ2n) is 6.83. The first-order chi connectivity index (χ1) is 14.8. The van der Waals surface area contributed by atoms with Gasteiger partial charge in [0.2, 0.25) is 0 Å². The fraction of sp³-hybridized carbons (Fsp3) is 0.217. The molecular formula is C23H19BrN2O5. The molecule has 2 aromatic rings. The molecule has 1 N–H and O–H groups in total. The first-order valence-corrected chi connectivity index (χ1v) is 10.4. The third-order valence-corrected chi connectivity index (χ3v) is 5.19. The number of benzene rings is 1. The first-order valence-electron chi connectivity index (χ1n) is 9.61. The zero-order valence-electron chi connectivity index (χ0n) is 17.0. The van der Waals surface area contributed by atoms with Crippen molar-refractivity contribution >= 4 is 39.8 Å². The lowest BCUT2D eigenvalue weighted by Crippen LogP contribution is -2.37. The molecule has 1 aliphatic rings. The van der Waals surface area contributed by atoms with Gasteiger partial charge in [-0.15, -0.1) is 0 Å². The molecule has 0 saturated carbocycles. The van der Waals surface area contributed by atoms with Gasteiger partial charge in [-0.05, 0) is 55.3 Å². The van der Waals surface area contributed by atoms with E-state index < -0.39 is 17.8 Å². The topological polar surface area (TPSA) is 109 Å². The summed E-state index contributed by atoms with van der Waals surface area (Å²) in [7, 11) is 0. The average Bonchev–Trinajstić information content (AvgIpc) is 3.20. The third kappa shape index (κ3) is 4.84. The number of ether oxygens (including phenoxy) is 1. The summed E-state index contributed by atoms with van der Waals surface area (Å²) >= 11 is 3.37. The minimum atomic E-state index is -0.719. The quantitative estimate of drug-likeness (QED) is 0.280. The number of nitrogens with one attached hydrogen (secondary N) is 1. The maximum Gasteiger partial charge on any atom is 0.338 e. The van der Waals surface area contributed by atoms with Crippen molar-refractivity contribution in [2.75, 3.05) is 6.61 Å². The van der Waals surface area contributed by atoms with Gasteiger partial charge in [-0.3, -0.25) is 14.9 Å². The van der Waals surface area contributed by atoms with Crippen LogP contribution in [0.25, 0.3) is 17.4 Å². The minimum absolute atomic E-state index is 0.123. The Bertz CT molecular complexity index is 1170. The van der Waals surface area contributed by atoms with Crippen LogP contribution in [0, 0.1) is 11.3 Å². The van der Waals surface area contributed by atoms with E-state index in [0.29, 0.717) is 29.3 Å². The zero-order chi connectivity index (χ0) is 22.5. The van der Waals surface area contributed by atoms with Gasteiger partial charge in [0.15, 0.2) is 0 Å². The SMILES string of the molecule is CCCCOC(=O)c1cc(Br)ccc1-c1ccc(/C=C2\C(=O)NC(=O)C(C#N)=C2C)o1. The first kappa shape index (κ1) is 22.2. The van der Waals surface area contributed by atoms with Gasteiger partial charge < -0.3 is 9.15 Å². The molecule has 0 radical (unpaired) electrons. The summed E-state index contributed by atoms with van der Waals surface area (Å²) in [6.45, 7) is 3.87. The molecule has 3 rings (SSSR count).